The van der Waals surface area contributed by atoms with Crippen LogP contribution in [0.15, 0.2) is 16.8 Å². The molecule has 3 rings (SSSR count). The Balaban J connectivity index is 0.00000192. The lowest BCUT2D eigenvalue weighted by atomic mass is 9.93. The van der Waals surface area contributed by atoms with Crippen molar-refractivity contribution in [1.29, 1.82) is 0 Å². The first-order valence-corrected chi connectivity index (χ1v) is 9.71. The summed E-state index contributed by atoms with van der Waals surface area (Å²) in [6.07, 6.45) is 7.80. The lowest BCUT2D eigenvalue weighted by Crippen LogP contribution is -2.39. The largest absolute Gasteiger partial charge is 0.335 e. The van der Waals surface area contributed by atoms with E-state index in [-0.39, 0.29) is 12.4 Å². The number of carbonyl (C=O) groups is 1. The maximum atomic E-state index is 12.8. The minimum Gasteiger partial charge on any atom is -0.335 e. The summed E-state index contributed by atoms with van der Waals surface area (Å²) in [5.41, 5.74) is 1.73. The molecule has 1 aliphatic carbocycles. The van der Waals surface area contributed by atoms with E-state index < -0.39 is 0 Å². The van der Waals surface area contributed by atoms with Gasteiger partial charge >= 0.3 is 0 Å². The van der Waals surface area contributed by atoms with Gasteiger partial charge in [-0.25, -0.2) is 0 Å². The third-order valence-corrected chi connectivity index (χ3v) is 6.10. The van der Waals surface area contributed by atoms with E-state index in [0.717, 1.165) is 38.9 Å². The number of piperidine rings is 1. The number of amides is 1. The number of carbonyl (C=O) groups excluding carboxylic acids is 1. The van der Waals surface area contributed by atoms with E-state index in [9.17, 15) is 4.79 Å². The molecule has 1 aromatic heterocycles. The van der Waals surface area contributed by atoms with Crippen molar-refractivity contribution >= 4 is 29.7 Å². The molecule has 1 aliphatic heterocycles. The van der Waals surface area contributed by atoms with E-state index in [1.165, 1.54) is 31.2 Å². The Morgan fingerprint density at radius 3 is 2.83 bits per heavy atom. The van der Waals surface area contributed by atoms with E-state index in [1.807, 2.05) is 0 Å². The Kier molecular flexibility index (Phi) is 6.93. The lowest BCUT2D eigenvalue weighted by Gasteiger charge is -2.29. The summed E-state index contributed by atoms with van der Waals surface area (Å²) < 4.78 is 0. The van der Waals surface area contributed by atoms with Crippen molar-refractivity contribution in [2.45, 2.75) is 64.5 Å². The summed E-state index contributed by atoms with van der Waals surface area (Å²) in [7, 11) is 0. The van der Waals surface area contributed by atoms with Crippen molar-refractivity contribution in [3.8, 4) is 0 Å². The number of halogens is 1. The van der Waals surface area contributed by atoms with E-state index in [1.54, 1.807) is 11.3 Å². The highest BCUT2D eigenvalue weighted by atomic mass is 35.5. The average molecular weight is 357 g/mol. The Bertz CT molecular complexity index is 485. The molecule has 0 radical (unpaired) electrons. The van der Waals surface area contributed by atoms with Crippen LogP contribution >= 0.6 is 23.7 Å². The summed E-state index contributed by atoms with van der Waals surface area (Å²) in [4.78, 5) is 15.0. The molecule has 3 nitrogen and oxygen atoms in total. The fourth-order valence-electron chi connectivity index (χ4n) is 3.85. The zero-order chi connectivity index (χ0) is 15.4. The number of hydrogen-bond donors (Lipinski definition) is 1. The molecular weight excluding hydrogens is 328 g/mol. The summed E-state index contributed by atoms with van der Waals surface area (Å²) >= 11 is 1.73. The highest BCUT2D eigenvalue weighted by molar-refractivity contribution is 7.07. The molecular formula is C18H29ClN2OS. The van der Waals surface area contributed by atoms with Gasteiger partial charge in [-0.1, -0.05) is 19.8 Å². The van der Waals surface area contributed by atoms with Gasteiger partial charge in [0.05, 0.1) is 0 Å². The van der Waals surface area contributed by atoms with E-state index >= 15 is 0 Å². The van der Waals surface area contributed by atoms with Gasteiger partial charge in [-0.15, -0.1) is 12.4 Å². The minimum atomic E-state index is 0. The van der Waals surface area contributed by atoms with E-state index in [0.29, 0.717) is 17.4 Å². The van der Waals surface area contributed by atoms with Crippen molar-refractivity contribution in [1.82, 2.24) is 10.2 Å². The number of thiophene rings is 1. The van der Waals surface area contributed by atoms with Crippen LogP contribution in [0.3, 0.4) is 0 Å². The van der Waals surface area contributed by atoms with E-state index in [2.05, 4.69) is 34.0 Å². The number of nitrogens with zero attached hydrogens (tertiary/aromatic N) is 1. The molecule has 2 heterocycles. The molecule has 0 bridgehead atoms. The molecule has 1 unspecified atom stereocenters. The highest BCUT2D eigenvalue weighted by Gasteiger charge is 2.57. The first-order chi connectivity index (χ1) is 10.7. The quantitative estimate of drug-likeness (QED) is 0.742. The van der Waals surface area contributed by atoms with Gasteiger partial charge in [-0.3, -0.25) is 4.79 Å². The summed E-state index contributed by atoms with van der Waals surface area (Å²) in [6.45, 7) is 5.24. The van der Waals surface area contributed by atoms with Crippen LogP contribution in [0, 0.1) is 5.41 Å². The maximum Gasteiger partial charge on any atom is 0.223 e. The monoisotopic (exact) mass is 356 g/mol. The topological polar surface area (TPSA) is 32.3 Å². The predicted octanol–water partition coefficient (Wildman–Crippen LogP) is 4.22. The van der Waals surface area contributed by atoms with Gasteiger partial charge < -0.3 is 10.2 Å². The minimum absolute atomic E-state index is 0. The molecule has 1 aromatic rings. The molecule has 130 valence electrons. The van der Waals surface area contributed by atoms with Gasteiger partial charge in [-0.2, -0.15) is 11.3 Å². The van der Waals surface area contributed by atoms with Crippen LogP contribution in [-0.4, -0.2) is 29.9 Å². The number of rotatable bonds is 7. The Morgan fingerprint density at radius 2 is 2.17 bits per heavy atom. The Labute approximate surface area is 150 Å². The number of hydrogen-bond acceptors (Lipinski definition) is 3. The van der Waals surface area contributed by atoms with Crippen molar-refractivity contribution in [2.75, 3.05) is 13.1 Å². The first kappa shape index (κ1) is 18.8. The zero-order valence-electron chi connectivity index (χ0n) is 14.1. The van der Waals surface area contributed by atoms with Gasteiger partial charge in [0.25, 0.3) is 0 Å². The second kappa shape index (κ2) is 8.50. The van der Waals surface area contributed by atoms with Gasteiger partial charge in [0, 0.05) is 19.0 Å². The van der Waals surface area contributed by atoms with Crippen LogP contribution in [0.25, 0.3) is 0 Å². The average Bonchev–Trinajstić information content (AvgIpc) is 2.98. The standard InChI is InChI=1S/C18H28N2OS.ClH/c1-2-3-4-5-17(21)20(13-15-6-11-22-14-15)16-12-18(16)7-9-19-10-8-18;/h6,11,14,16,19H,2-5,7-10,12-13H2,1H3;1H. The number of unbranched alkanes of at least 4 members (excludes halogenated alkanes) is 2. The fraction of sp³-hybridized carbons (Fsp3) is 0.722. The first-order valence-electron chi connectivity index (χ1n) is 8.76. The third kappa shape index (κ3) is 4.49. The normalized spacial score (nSPS) is 21.7. The second-order valence-corrected chi connectivity index (χ2v) is 7.72. The molecule has 1 saturated carbocycles. The van der Waals surface area contributed by atoms with Crippen molar-refractivity contribution in [3.05, 3.63) is 22.4 Å². The fourth-order valence-corrected chi connectivity index (χ4v) is 4.51. The van der Waals surface area contributed by atoms with Crippen molar-refractivity contribution in [2.24, 2.45) is 5.41 Å². The van der Waals surface area contributed by atoms with Crippen LogP contribution in [0.1, 0.15) is 57.4 Å². The third-order valence-electron chi connectivity index (χ3n) is 5.37. The van der Waals surface area contributed by atoms with E-state index in [4.69, 9.17) is 0 Å². The molecule has 0 aromatic carbocycles. The lowest BCUT2D eigenvalue weighted by molar-refractivity contribution is -0.133. The Morgan fingerprint density at radius 1 is 1.39 bits per heavy atom. The number of nitrogens with one attached hydrogen (secondary N) is 1. The van der Waals surface area contributed by atoms with Gasteiger partial charge in [-0.05, 0) is 66.6 Å². The molecule has 1 N–H and O–H groups in total. The summed E-state index contributed by atoms with van der Waals surface area (Å²) in [5, 5.41) is 7.75. The molecule has 23 heavy (non-hydrogen) atoms. The van der Waals surface area contributed by atoms with Crippen LogP contribution in [0.5, 0.6) is 0 Å². The van der Waals surface area contributed by atoms with Gasteiger partial charge in [0.2, 0.25) is 5.91 Å². The van der Waals surface area contributed by atoms with Crippen molar-refractivity contribution < 1.29 is 4.79 Å². The second-order valence-electron chi connectivity index (χ2n) is 6.94. The molecule has 2 aliphatic rings. The zero-order valence-corrected chi connectivity index (χ0v) is 15.7. The maximum absolute atomic E-state index is 12.8. The predicted molar refractivity (Wildman–Crippen MR) is 99.2 cm³/mol. The van der Waals surface area contributed by atoms with Gasteiger partial charge in [0.15, 0.2) is 0 Å². The molecule has 5 heteroatoms. The van der Waals surface area contributed by atoms with Crippen LogP contribution in [0.2, 0.25) is 0 Å². The molecule has 1 saturated heterocycles. The smallest absolute Gasteiger partial charge is 0.223 e. The van der Waals surface area contributed by atoms with Crippen LogP contribution < -0.4 is 5.32 Å². The molecule has 1 amide bonds. The van der Waals surface area contributed by atoms with Crippen molar-refractivity contribution in [3.63, 3.8) is 0 Å². The highest BCUT2D eigenvalue weighted by Crippen LogP contribution is 2.56. The summed E-state index contributed by atoms with van der Waals surface area (Å²) in [6, 6.07) is 2.65. The Hall–Kier alpha value is -0.580. The molecule has 2 fully saturated rings. The van der Waals surface area contributed by atoms with Crippen LogP contribution in [-0.2, 0) is 11.3 Å². The summed E-state index contributed by atoms with van der Waals surface area (Å²) in [5.74, 6) is 0.375. The molecule has 1 spiro atoms. The SMILES string of the molecule is CCCCCC(=O)N(Cc1ccsc1)C1CC12CCNCC2.Cl. The molecule has 1 atom stereocenters. The van der Waals surface area contributed by atoms with Crippen LogP contribution in [0.4, 0.5) is 0 Å². The van der Waals surface area contributed by atoms with Gasteiger partial charge in [0.1, 0.15) is 0 Å².